The number of hydrogen-bond donors (Lipinski definition) is 1. The molecule has 74 valence electrons. The second-order valence-electron chi connectivity index (χ2n) is 3.02. The van der Waals surface area contributed by atoms with Crippen molar-refractivity contribution < 1.29 is 23.3 Å². The van der Waals surface area contributed by atoms with Crippen LogP contribution in [0.3, 0.4) is 0 Å². The zero-order valence-corrected chi connectivity index (χ0v) is 7.27. The van der Waals surface area contributed by atoms with Crippen molar-refractivity contribution in [2.24, 2.45) is 5.41 Å². The minimum atomic E-state index is -4.36. The summed E-state index contributed by atoms with van der Waals surface area (Å²) in [5.74, 6) is 0. The third kappa shape index (κ3) is 1.90. The van der Waals surface area contributed by atoms with Gasteiger partial charge in [-0.3, -0.25) is 5.26 Å². The zero-order valence-electron chi connectivity index (χ0n) is 7.27. The van der Waals surface area contributed by atoms with E-state index in [1.54, 1.807) is 0 Å². The second-order valence-corrected chi connectivity index (χ2v) is 3.02. The largest absolute Gasteiger partial charge is 0.396 e. The molecule has 0 aromatic heterocycles. The fourth-order valence-electron chi connectivity index (χ4n) is 0.835. The predicted octanol–water partition coefficient (Wildman–Crippen LogP) is 2.84. The molecule has 0 bridgehead atoms. The molecule has 2 nitrogen and oxygen atoms in total. The van der Waals surface area contributed by atoms with Crippen molar-refractivity contribution in [3.63, 3.8) is 0 Å². The Labute approximate surface area is 69.3 Å². The molecule has 0 amide bonds. The Morgan fingerprint density at radius 2 is 1.83 bits per heavy atom. The summed E-state index contributed by atoms with van der Waals surface area (Å²) in [5.41, 5.74) is -1.98. The number of alkyl halides is 3. The molecular weight excluding hydrogens is 173 g/mol. The van der Waals surface area contributed by atoms with Gasteiger partial charge in [0.25, 0.3) is 0 Å². The van der Waals surface area contributed by atoms with Gasteiger partial charge in [0.2, 0.25) is 0 Å². The molecule has 0 rings (SSSR count). The van der Waals surface area contributed by atoms with Crippen molar-refractivity contribution in [2.45, 2.75) is 39.5 Å². The maximum absolute atomic E-state index is 12.4. The normalized spacial score (nSPS) is 20.2. The maximum atomic E-state index is 12.4. The van der Waals surface area contributed by atoms with E-state index in [1.807, 2.05) is 0 Å². The molecule has 0 fully saturated rings. The topological polar surface area (TPSA) is 29.5 Å². The summed E-state index contributed by atoms with van der Waals surface area (Å²) in [4.78, 5) is 3.71. The molecule has 0 aliphatic rings. The molecule has 0 spiro atoms. The monoisotopic (exact) mass is 186 g/mol. The van der Waals surface area contributed by atoms with Gasteiger partial charge >= 0.3 is 6.18 Å². The first kappa shape index (κ1) is 11.7. The van der Waals surface area contributed by atoms with Gasteiger partial charge in [-0.1, -0.05) is 6.92 Å². The van der Waals surface area contributed by atoms with E-state index in [0.717, 1.165) is 6.92 Å². The Morgan fingerprint density at radius 1 is 1.42 bits per heavy atom. The van der Waals surface area contributed by atoms with Crippen LogP contribution in [0, 0.1) is 5.41 Å². The number of hydrogen-bond acceptors (Lipinski definition) is 2. The Balaban J connectivity index is 4.67. The lowest BCUT2D eigenvalue weighted by Crippen LogP contribution is -2.44. The molecule has 0 aliphatic carbocycles. The van der Waals surface area contributed by atoms with Gasteiger partial charge in [-0.25, -0.2) is 4.89 Å². The summed E-state index contributed by atoms with van der Waals surface area (Å²) in [6.07, 6.45) is -5.73. The van der Waals surface area contributed by atoms with Crippen LogP contribution < -0.4 is 0 Å². The van der Waals surface area contributed by atoms with Crippen LogP contribution in [0.5, 0.6) is 0 Å². The van der Waals surface area contributed by atoms with Crippen LogP contribution in [0.15, 0.2) is 0 Å². The van der Waals surface area contributed by atoms with Crippen molar-refractivity contribution in [1.82, 2.24) is 0 Å². The molecule has 0 aliphatic heterocycles. The van der Waals surface area contributed by atoms with Gasteiger partial charge in [-0.05, 0) is 20.3 Å². The van der Waals surface area contributed by atoms with Crippen molar-refractivity contribution >= 4 is 0 Å². The van der Waals surface area contributed by atoms with Crippen molar-refractivity contribution in [2.75, 3.05) is 0 Å². The van der Waals surface area contributed by atoms with Gasteiger partial charge in [0.15, 0.2) is 0 Å². The Hall–Kier alpha value is -0.290. The molecule has 0 saturated carbocycles. The Kier molecular flexibility index (Phi) is 3.53. The number of halogens is 3. The standard InChI is InChI=1S/C7H13F3O2/c1-4-6(3,5(2)12-11)7(8,9)10/h5,11H,4H2,1-3H3. The maximum Gasteiger partial charge on any atom is 0.396 e. The quantitative estimate of drug-likeness (QED) is 0.542. The van der Waals surface area contributed by atoms with E-state index < -0.39 is 17.7 Å². The zero-order chi connectivity index (χ0) is 9.99. The molecule has 0 radical (unpaired) electrons. The summed E-state index contributed by atoms with van der Waals surface area (Å²) in [7, 11) is 0. The Bertz CT molecular complexity index is 146. The first-order chi connectivity index (χ1) is 5.29. The lowest BCUT2D eigenvalue weighted by molar-refractivity contribution is -0.342. The van der Waals surface area contributed by atoms with Crippen LogP contribution in [0.4, 0.5) is 13.2 Å². The van der Waals surface area contributed by atoms with Gasteiger partial charge in [-0.2, -0.15) is 13.2 Å². The van der Waals surface area contributed by atoms with Crippen LogP contribution >= 0.6 is 0 Å². The summed E-state index contributed by atoms with van der Waals surface area (Å²) < 4.78 is 37.1. The van der Waals surface area contributed by atoms with Crippen LogP contribution in [-0.4, -0.2) is 17.5 Å². The lowest BCUT2D eigenvalue weighted by atomic mass is 9.81. The van der Waals surface area contributed by atoms with E-state index in [0.29, 0.717) is 0 Å². The molecule has 2 atom stereocenters. The highest BCUT2D eigenvalue weighted by atomic mass is 19.4. The average Bonchev–Trinajstić information content (AvgIpc) is 1.99. The molecule has 0 heterocycles. The smallest absolute Gasteiger partial charge is 0.252 e. The molecule has 0 aromatic carbocycles. The highest BCUT2D eigenvalue weighted by molar-refractivity contribution is 4.85. The second kappa shape index (κ2) is 3.62. The molecule has 0 saturated heterocycles. The predicted molar refractivity (Wildman–Crippen MR) is 37.6 cm³/mol. The summed E-state index contributed by atoms with van der Waals surface area (Å²) in [6.45, 7) is 3.62. The van der Waals surface area contributed by atoms with Crippen molar-refractivity contribution in [1.29, 1.82) is 0 Å². The Morgan fingerprint density at radius 3 is 1.92 bits per heavy atom. The SMILES string of the molecule is CCC(C)(C(C)OO)C(F)(F)F. The van der Waals surface area contributed by atoms with Crippen molar-refractivity contribution in [3.05, 3.63) is 0 Å². The van der Waals surface area contributed by atoms with Crippen LogP contribution in [0.2, 0.25) is 0 Å². The van der Waals surface area contributed by atoms with Gasteiger partial charge in [-0.15, -0.1) is 0 Å². The van der Waals surface area contributed by atoms with E-state index in [9.17, 15) is 13.2 Å². The van der Waals surface area contributed by atoms with E-state index in [1.165, 1.54) is 13.8 Å². The highest BCUT2D eigenvalue weighted by Crippen LogP contribution is 2.44. The minimum absolute atomic E-state index is 0.127. The minimum Gasteiger partial charge on any atom is -0.252 e. The van der Waals surface area contributed by atoms with Crippen LogP contribution in [-0.2, 0) is 4.89 Å². The molecule has 5 heteroatoms. The van der Waals surface area contributed by atoms with E-state index >= 15 is 0 Å². The van der Waals surface area contributed by atoms with Gasteiger partial charge < -0.3 is 0 Å². The molecule has 1 N–H and O–H groups in total. The first-order valence-corrected chi connectivity index (χ1v) is 3.66. The third-order valence-corrected chi connectivity index (χ3v) is 2.44. The van der Waals surface area contributed by atoms with E-state index in [2.05, 4.69) is 4.89 Å². The number of rotatable bonds is 3. The molecular formula is C7H13F3O2. The average molecular weight is 186 g/mol. The van der Waals surface area contributed by atoms with Gasteiger partial charge in [0.1, 0.15) is 6.10 Å². The van der Waals surface area contributed by atoms with Crippen LogP contribution in [0.1, 0.15) is 27.2 Å². The summed E-state index contributed by atoms with van der Waals surface area (Å²) >= 11 is 0. The van der Waals surface area contributed by atoms with E-state index in [4.69, 9.17) is 5.26 Å². The van der Waals surface area contributed by atoms with E-state index in [-0.39, 0.29) is 6.42 Å². The molecule has 0 aromatic rings. The highest BCUT2D eigenvalue weighted by Gasteiger charge is 2.54. The first-order valence-electron chi connectivity index (χ1n) is 3.66. The van der Waals surface area contributed by atoms with Gasteiger partial charge in [0.05, 0.1) is 5.41 Å². The third-order valence-electron chi connectivity index (χ3n) is 2.44. The van der Waals surface area contributed by atoms with Crippen molar-refractivity contribution in [3.8, 4) is 0 Å². The summed E-state index contributed by atoms with van der Waals surface area (Å²) in [6, 6.07) is 0. The lowest BCUT2D eigenvalue weighted by Gasteiger charge is -2.34. The fraction of sp³-hybridized carbons (Fsp3) is 1.00. The summed E-state index contributed by atoms with van der Waals surface area (Å²) in [5, 5.41) is 8.16. The van der Waals surface area contributed by atoms with Crippen LogP contribution in [0.25, 0.3) is 0 Å². The van der Waals surface area contributed by atoms with Gasteiger partial charge in [0, 0.05) is 0 Å². The molecule has 2 unspecified atom stereocenters. The fourth-order valence-corrected chi connectivity index (χ4v) is 0.835. The molecule has 12 heavy (non-hydrogen) atoms.